The lowest BCUT2D eigenvalue weighted by Gasteiger charge is -2.26. The summed E-state index contributed by atoms with van der Waals surface area (Å²) in [4.78, 5) is 25.0. The van der Waals surface area contributed by atoms with Gasteiger partial charge < -0.3 is 28.6 Å². The van der Waals surface area contributed by atoms with Gasteiger partial charge in [0.15, 0.2) is 0 Å². The molecular weight excluding hydrogens is 642 g/mol. The molecule has 8 heteroatoms. The molecule has 0 aliphatic heterocycles. The van der Waals surface area contributed by atoms with E-state index < -0.39 is 12.1 Å². The highest BCUT2D eigenvalue weighted by Gasteiger charge is 2.12. The number of nitrogens with zero attached hydrogens (tertiary/aromatic N) is 1. The Morgan fingerprint density at radius 2 is 1.12 bits per heavy atom. The molecule has 0 N–H and O–H groups in total. The average Bonchev–Trinajstić information content (AvgIpc) is 3.15. The van der Waals surface area contributed by atoms with Gasteiger partial charge in [0.05, 0.1) is 7.11 Å². The van der Waals surface area contributed by atoms with Crippen LogP contribution in [0.5, 0.6) is 11.5 Å². The summed E-state index contributed by atoms with van der Waals surface area (Å²) >= 11 is 0. The normalized spacial score (nSPS) is 11.1. The first-order valence-corrected chi connectivity index (χ1v) is 16.3. The zero-order valence-electron chi connectivity index (χ0n) is 28.7. The second kappa shape index (κ2) is 18.3. The van der Waals surface area contributed by atoms with E-state index in [4.69, 9.17) is 18.9 Å². The van der Waals surface area contributed by atoms with E-state index in [0.717, 1.165) is 51.3 Å². The molecule has 8 nitrogen and oxygen atoms in total. The molecule has 258 valence electrons. The van der Waals surface area contributed by atoms with Gasteiger partial charge in [-0.15, -0.1) is 0 Å². The van der Waals surface area contributed by atoms with Crippen LogP contribution in [-0.4, -0.2) is 32.4 Å². The van der Waals surface area contributed by atoms with Crippen LogP contribution in [0.2, 0.25) is 0 Å². The van der Waals surface area contributed by atoms with E-state index in [-0.39, 0.29) is 13.2 Å². The Kier molecular flexibility index (Phi) is 12.8. The van der Waals surface area contributed by atoms with Crippen LogP contribution in [0.25, 0.3) is 24.3 Å². The Morgan fingerprint density at radius 3 is 1.67 bits per heavy atom. The molecule has 0 unspecified atom stereocenters. The summed E-state index contributed by atoms with van der Waals surface area (Å²) in [5.74, 6) is 0.720. The van der Waals surface area contributed by atoms with Crippen molar-refractivity contribution in [1.29, 1.82) is 0 Å². The summed E-state index contributed by atoms with van der Waals surface area (Å²) in [6.45, 7) is 3.40. The SMILES string of the molecule is COc1cccc(C=Cc2ccc(N(c3ccc(C)cc3)c3ccc(C=Cc4cccc(OC(=O)OCCO/C=C/OC(C)=O)c4)cc3)cc2)c1. The largest absolute Gasteiger partial charge is 0.513 e. The Balaban J connectivity index is 1.23. The second-order valence-corrected chi connectivity index (χ2v) is 11.3. The van der Waals surface area contributed by atoms with Gasteiger partial charge in [0.2, 0.25) is 0 Å². The summed E-state index contributed by atoms with van der Waals surface area (Å²) in [6, 6.07) is 40.4. The number of carbonyl (C=O) groups is 2. The van der Waals surface area contributed by atoms with Crippen LogP contribution >= 0.6 is 0 Å². The van der Waals surface area contributed by atoms with E-state index in [2.05, 4.69) is 102 Å². The molecule has 5 rings (SSSR count). The van der Waals surface area contributed by atoms with Crippen molar-refractivity contribution in [1.82, 2.24) is 0 Å². The summed E-state index contributed by atoms with van der Waals surface area (Å²) in [5.41, 5.74) is 8.34. The average molecular weight is 682 g/mol. The highest BCUT2D eigenvalue weighted by molar-refractivity contribution is 5.80. The molecule has 0 aliphatic carbocycles. The van der Waals surface area contributed by atoms with Crippen LogP contribution in [0.3, 0.4) is 0 Å². The molecule has 0 aliphatic rings. The third-order valence-electron chi connectivity index (χ3n) is 7.49. The predicted octanol–water partition coefficient (Wildman–Crippen LogP) is 10.4. The molecule has 5 aromatic carbocycles. The zero-order chi connectivity index (χ0) is 35.8. The van der Waals surface area contributed by atoms with Gasteiger partial charge in [-0.05, 0) is 89.8 Å². The maximum Gasteiger partial charge on any atom is 0.513 e. The molecule has 0 bridgehead atoms. The zero-order valence-corrected chi connectivity index (χ0v) is 28.7. The van der Waals surface area contributed by atoms with Crippen molar-refractivity contribution < 1.29 is 33.3 Å². The molecule has 0 amide bonds. The number of benzene rings is 5. The maximum absolute atomic E-state index is 12.1. The lowest BCUT2D eigenvalue weighted by molar-refractivity contribution is -0.135. The number of hydrogen-bond donors (Lipinski definition) is 0. The number of methoxy groups -OCH3 is 1. The minimum atomic E-state index is -0.850. The van der Waals surface area contributed by atoms with Gasteiger partial charge in [0.25, 0.3) is 0 Å². The maximum atomic E-state index is 12.1. The van der Waals surface area contributed by atoms with Gasteiger partial charge in [-0.25, -0.2) is 4.79 Å². The van der Waals surface area contributed by atoms with E-state index in [9.17, 15) is 9.59 Å². The number of ether oxygens (including phenoxy) is 5. The van der Waals surface area contributed by atoms with Gasteiger partial charge in [0, 0.05) is 24.0 Å². The first-order valence-electron chi connectivity index (χ1n) is 16.3. The van der Waals surface area contributed by atoms with Crippen LogP contribution in [0.4, 0.5) is 21.9 Å². The van der Waals surface area contributed by atoms with Gasteiger partial charge in [-0.2, -0.15) is 0 Å². The van der Waals surface area contributed by atoms with E-state index >= 15 is 0 Å². The Bertz CT molecular complexity index is 1980. The van der Waals surface area contributed by atoms with Crippen molar-refractivity contribution in [3.8, 4) is 11.5 Å². The highest BCUT2D eigenvalue weighted by atomic mass is 16.7. The van der Waals surface area contributed by atoms with Crippen LogP contribution in [0.1, 0.15) is 34.7 Å². The molecule has 0 spiro atoms. The molecule has 0 atom stereocenters. The fourth-order valence-corrected chi connectivity index (χ4v) is 4.95. The van der Waals surface area contributed by atoms with E-state index in [0.29, 0.717) is 5.75 Å². The van der Waals surface area contributed by atoms with Crippen molar-refractivity contribution in [2.24, 2.45) is 0 Å². The lowest BCUT2D eigenvalue weighted by atomic mass is 10.1. The number of aryl methyl sites for hydroxylation is 1. The standard InChI is InChI=1S/C43H39NO7/c1-32-10-20-38(21-11-32)44(39-22-16-34(17-23-39)12-14-36-6-4-8-41(30-36)47-3)40-24-18-35(19-25-40)13-15-37-7-5-9-42(31-37)51-43(46)50-29-27-48-26-28-49-33(2)45/h4-26,28,30-31H,27,29H2,1-3H3/b14-12?,15-13?,28-26+. The number of rotatable bonds is 14. The molecule has 0 saturated carbocycles. The van der Waals surface area contributed by atoms with Crippen molar-refractivity contribution in [3.05, 3.63) is 162 Å². The summed E-state index contributed by atoms with van der Waals surface area (Å²) < 4.78 is 25.3. The number of carbonyl (C=O) groups excluding carboxylic acids is 2. The van der Waals surface area contributed by atoms with Crippen LogP contribution < -0.4 is 14.4 Å². The van der Waals surface area contributed by atoms with Gasteiger partial charge in [0.1, 0.15) is 37.2 Å². The molecule has 0 fully saturated rings. The first-order chi connectivity index (χ1) is 24.9. The van der Waals surface area contributed by atoms with Crippen LogP contribution in [0.15, 0.2) is 134 Å². The molecule has 51 heavy (non-hydrogen) atoms. The predicted molar refractivity (Wildman–Crippen MR) is 202 cm³/mol. The minimum Gasteiger partial charge on any atom is -0.497 e. The lowest BCUT2D eigenvalue weighted by Crippen LogP contribution is -2.13. The molecule has 0 aromatic heterocycles. The van der Waals surface area contributed by atoms with Crippen LogP contribution in [-0.2, 0) is 19.0 Å². The molecule has 5 aromatic rings. The fraction of sp³-hybridized carbons (Fsp3) is 0.116. The first kappa shape index (κ1) is 35.8. The summed E-state index contributed by atoms with van der Waals surface area (Å²) in [7, 11) is 1.67. The Morgan fingerprint density at radius 1 is 0.608 bits per heavy atom. The van der Waals surface area contributed by atoms with Gasteiger partial charge in [-0.1, -0.05) is 90.5 Å². The molecule has 0 heterocycles. The number of esters is 1. The van der Waals surface area contributed by atoms with E-state index in [1.165, 1.54) is 18.7 Å². The summed E-state index contributed by atoms with van der Waals surface area (Å²) in [5, 5.41) is 0. The number of anilines is 3. The second-order valence-electron chi connectivity index (χ2n) is 11.3. The van der Waals surface area contributed by atoms with Crippen molar-refractivity contribution in [2.75, 3.05) is 25.2 Å². The van der Waals surface area contributed by atoms with E-state index in [1.807, 2.05) is 42.5 Å². The smallest absolute Gasteiger partial charge is 0.497 e. The van der Waals surface area contributed by atoms with E-state index in [1.54, 1.807) is 25.3 Å². The Hall–Kier alpha value is -6.54. The van der Waals surface area contributed by atoms with Crippen molar-refractivity contribution in [3.63, 3.8) is 0 Å². The molecule has 0 radical (unpaired) electrons. The quantitative estimate of drug-likeness (QED) is 0.0377. The highest BCUT2D eigenvalue weighted by Crippen LogP contribution is 2.35. The topological polar surface area (TPSA) is 83.5 Å². The van der Waals surface area contributed by atoms with Crippen molar-refractivity contribution >= 4 is 53.5 Å². The van der Waals surface area contributed by atoms with Crippen molar-refractivity contribution in [2.45, 2.75) is 13.8 Å². The molecule has 0 saturated heterocycles. The third kappa shape index (κ3) is 11.3. The van der Waals surface area contributed by atoms with Gasteiger partial charge in [-0.3, -0.25) is 4.79 Å². The van der Waals surface area contributed by atoms with Crippen LogP contribution in [0, 0.1) is 6.92 Å². The monoisotopic (exact) mass is 681 g/mol. The molecular formula is C43H39NO7. The summed E-state index contributed by atoms with van der Waals surface area (Å²) in [6.07, 6.45) is 9.58. The van der Waals surface area contributed by atoms with Gasteiger partial charge >= 0.3 is 12.1 Å². The number of hydrogen-bond acceptors (Lipinski definition) is 8. The fourth-order valence-electron chi connectivity index (χ4n) is 4.95. The third-order valence-corrected chi connectivity index (χ3v) is 7.49. The minimum absolute atomic E-state index is 0.0338. The Labute approximate surface area is 298 Å².